The highest BCUT2D eigenvalue weighted by atomic mass is 15.1. The quantitative estimate of drug-likeness (QED) is 0.200. The van der Waals surface area contributed by atoms with E-state index in [1.165, 1.54) is 92.0 Å². The van der Waals surface area contributed by atoms with Crippen LogP contribution in [0.2, 0.25) is 0 Å². The first kappa shape index (κ1) is 26.7. The molecule has 0 aromatic heterocycles. The fourth-order valence-corrected chi connectivity index (χ4v) is 7.52. The second kappa shape index (κ2) is 10.7. The molecule has 214 valence electrons. The number of anilines is 3. The molecule has 6 aromatic carbocycles. The molecule has 0 N–H and O–H groups in total. The molecule has 2 aliphatic rings. The normalized spacial score (nSPS) is 14.4. The van der Waals surface area contributed by atoms with Gasteiger partial charge in [0.15, 0.2) is 0 Å². The van der Waals surface area contributed by atoms with Gasteiger partial charge in [0.2, 0.25) is 0 Å². The third kappa shape index (κ3) is 4.47. The lowest BCUT2D eigenvalue weighted by Gasteiger charge is -2.31. The smallest absolute Gasteiger partial charge is 0.0496 e. The Kier molecular flexibility index (Phi) is 6.49. The van der Waals surface area contributed by atoms with E-state index in [-0.39, 0.29) is 5.41 Å². The van der Waals surface area contributed by atoms with E-state index in [1.807, 2.05) is 0 Å². The molecule has 0 atom stereocenters. The summed E-state index contributed by atoms with van der Waals surface area (Å²) in [5, 5.41) is 0. The summed E-state index contributed by atoms with van der Waals surface area (Å²) in [5.41, 5.74) is 17.2. The maximum atomic E-state index is 2.51. The van der Waals surface area contributed by atoms with Gasteiger partial charge in [0.25, 0.3) is 0 Å². The van der Waals surface area contributed by atoms with E-state index in [1.54, 1.807) is 0 Å². The second-order valence-corrected chi connectivity index (χ2v) is 12.8. The highest BCUT2D eigenvalue weighted by Crippen LogP contribution is 2.51. The van der Waals surface area contributed by atoms with Crippen LogP contribution in [0.4, 0.5) is 17.1 Å². The number of aryl methyl sites for hydroxylation is 1. The van der Waals surface area contributed by atoms with Gasteiger partial charge in [0.05, 0.1) is 0 Å². The van der Waals surface area contributed by atoms with Crippen LogP contribution in [0.15, 0.2) is 140 Å². The van der Waals surface area contributed by atoms with Gasteiger partial charge in [0, 0.05) is 22.5 Å². The molecule has 1 nitrogen and oxygen atoms in total. The lowest BCUT2D eigenvalue weighted by Crippen LogP contribution is -2.18. The maximum Gasteiger partial charge on any atom is 0.0496 e. The van der Waals surface area contributed by atoms with E-state index in [4.69, 9.17) is 0 Å². The molecule has 0 saturated heterocycles. The highest BCUT2D eigenvalue weighted by Gasteiger charge is 2.36. The molecule has 0 unspecified atom stereocenters. The van der Waals surface area contributed by atoms with Gasteiger partial charge in [-0.15, -0.1) is 0 Å². The Balaban J connectivity index is 1.21. The van der Waals surface area contributed by atoms with Crippen molar-refractivity contribution >= 4 is 17.1 Å². The predicted octanol–water partition coefficient (Wildman–Crippen LogP) is 11.7. The zero-order valence-corrected chi connectivity index (χ0v) is 25.6. The number of hydrogen-bond acceptors (Lipinski definition) is 1. The van der Waals surface area contributed by atoms with Gasteiger partial charge in [-0.05, 0) is 112 Å². The Bertz CT molecular complexity index is 1960. The van der Waals surface area contributed by atoms with Crippen LogP contribution in [0.3, 0.4) is 0 Å². The Morgan fingerprint density at radius 2 is 1.07 bits per heavy atom. The van der Waals surface area contributed by atoms with Crippen molar-refractivity contribution in [2.45, 2.75) is 44.9 Å². The summed E-state index contributed by atoms with van der Waals surface area (Å²) in [5.74, 6) is 0. The Hall–Kier alpha value is -4.88. The Morgan fingerprint density at radius 1 is 0.477 bits per heavy atom. The average molecular weight is 568 g/mol. The molecule has 0 radical (unpaired) electrons. The largest absolute Gasteiger partial charge is 0.310 e. The van der Waals surface area contributed by atoms with Crippen LogP contribution in [0.25, 0.3) is 33.4 Å². The van der Waals surface area contributed by atoms with Crippen LogP contribution in [0.1, 0.15) is 48.9 Å². The maximum absolute atomic E-state index is 2.51. The number of nitrogens with zero attached hydrogens (tertiary/aromatic N) is 1. The molecule has 8 rings (SSSR count). The SMILES string of the molecule is CC1(C)c2ccccc2-c2ccc(N(c3ccc(-c4ccc(-c5ccccc5)cc4)cc3)c3cccc4c3CCCC4)cc21. The van der Waals surface area contributed by atoms with Crippen molar-refractivity contribution in [3.63, 3.8) is 0 Å². The van der Waals surface area contributed by atoms with Crippen molar-refractivity contribution in [3.05, 3.63) is 162 Å². The molecule has 44 heavy (non-hydrogen) atoms. The van der Waals surface area contributed by atoms with Crippen molar-refractivity contribution < 1.29 is 0 Å². The standard InChI is InChI=1S/C43H37N/c1-43(2)40-17-9-8-16-38(40)39-28-27-36(29-41(39)43)44(42-18-10-14-34-13-6-7-15-37(34)42)35-25-23-33(24-26-35)32-21-19-31(20-22-32)30-11-4-3-5-12-30/h3-5,8-12,14,16-29H,6-7,13,15H2,1-2H3. The molecule has 0 saturated carbocycles. The molecule has 0 amide bonds. The van der Waals surface area contributed by atoms with E-state index in [0.717, 1.165) is 6.42 Å². The third-order valence-corrected chi connectivity index (χ3v) is 9.89. The van der Waals surface area contributed by atoms with Crippen LogP contribution in [-0.2, 0) is 18.3 Å². The fraction of sp³-hybridized carbons (Fsp3) is 0.163. The molecule has 6 aromatic rings. The van der Waals surface area contributed by atoms with E-state index >= 15 is 0 Å². The van der Waals surface area contributed by atoms with E-state index in [0.29, 0.717) is 0 Å². The molecule has 0 spiro atoms. The summed E-state index contributed by atoms with van der Waals surface area (Å²) >= 11 is 0. The van der Waals surface area contributed by atoms with Gasteiger partial charge in [0.1, 0.15) is 0 Å². The minimum atomic E-state index is -0.0422. The van der Waals surface area contributed by atoms with Crippen LogP contribution in [0, 0.1) is 0 Å². The number of rotatable bonds is 5. The van der Waals surface area contributed by atoms with Crippen LogP contribution in [0.5, 0.6) is 0 Å². The van der Waals surface area contributed by atoms with E-state index in [9.17, 15) is 0 Å². The molecular formula is C43H37N. The van der Waals surface area contributed by atoms with Crippen molar-refractivity contribution in [2.75, 3.05) is 4.90 Å². The lowest BCUT2D eigenvalue weighted by atomic mass is 9.82. The molecular weight excluding hydrogens is 530 g/mol. The first-order valence-corrected chi connectivity index (χ1v) is 16.0. The van der Waals surface area contributed by atoms with Crippen molar-refractivity contribution in [1.82, 2.24) is 0 Å². The van der Waals surface area contributed by atoms with Crippen LogP contribution in [-0.4, -0.2) is 0 Å². The second-order valence-electron chi connectivity index (χ2n) is 12.8. The van der Waals surface area contributed by atoms with Crippen molar-refractivity contribution in [2.24, 2.45) is 0 Å². The van der Waals surface area contributed by atoms with Gasteiger partial charge >= 0.3 is 0 Å². The summed E-state index contributed by atoms with van der Waals surface area (Å²) in [6.45, 7) is 4.74. The van der Waals surface area contributed by atoms with Crippen LogP contribution >= 0.6 is 0 Å². The minimum absolute atomic E-state index is 0.0422. The van der Waals surface area contributed by atoms with Crippen molar-refractivity contribution in [1.29, 1.82) is 0 Å². The topological polar surface area (TPSA) is 3.24 Å². The van der Waals surface area contributed by atoms with Gasteiger partial charge in [-0.1, -0.05) is 123 Å². The molecule has 0 fully saturated rings. The number of fused-ring (bicyclic) bond motifs is 4. The summed E-state index contributed by atoms with van der Waals surface area (Å²) < 4.78 is 0. The van der Waals surface area contributed by atoms with Crippen LogP contribution < -0.4 is 4.90 Å². The van der Waals surface area contributed by atoms with E-state index in [2.05, 4.69) is 158 Å². The summed E-state index contributed by atoms with van der Waals surface area (Å²) in [6.07, 6.45) is 4.83. The molecule has 2 aliphatic carbocycles. The zero-order chi connectivity index (χ0) is 29.7. The number of benzene rings is 6. The predicted molar refractivity (Wildman–Crippen MR) is 186 cm³/mol. The Morgan fingerprint density at radius 3 is 1.82 bits per heavy atom. The summed E-state index contributed by atoms with van der Waals surface area (Å²) in [7, 11) is 0. The zero-order valence-electron chi connectivity index (χ0n) is 25.6. The van der Waals surface area contributed by atoms with E-state index < -0.39 is 0 Å². The minimum Gasteiger partial charge on any atom is -0.310 e. The number of hydrogen-bond donors (Lipinski definition) is 0. The van der Waals surface area contributed by atoms with Gasteiger partial charge in [-0.25, -0.2) is 0 Å². The fourth-order valence-electron chi connectivity index (χ4n) is 7.52. The first-order valence-electron chi connectivity index (χ1n) is 16.0. The first-order chi connectivity index (χ1) is 21.6. The Labute approximate surface area is 261 Å². The summed E-state index contributed by atoms with van der Waals surface area (Å²) in [4.78, 5) is 2.51. The molecule has 0 aliphatic heterocycles. The summed E-state index contributed by atoms with van der Waals surface area (Å²) in [6, 6.07) is 51.6. The monoisotopic (exact) mass is 567 g/mol. The lowest BCUT2D eigenvalue weighted by molar-refractivity contribution is 0.660. The van der Waals surface area contributed by atoms with Gasteiger partial charge in [-0.3, -0.25) is 0 Å². The highest BCUT2D eigenvalue weighted by molar-refractivity contribution is 5.86. The van der Waals surface area contributed by atoms with Crippen molar-refractivity contribution in [3.8, 4) is 33.4 Å². The molecule has 1 heteroatoms. The van der Waals surface area contributed by atoms with Gasteiger partial charge < -0.3 is 4.90 Å². The molecule has 0 heterocycles. The van der Waals surface area contributed by atoms with Gasteiger partial charge in [-0.2, -0.15) is 0 Å². The third-order valence-electron chi connectivity index (χ3n) is 9.89. The average Bonchev–Trinajstić information content (AvgIpc) is 3.32. The molecule has 0 bridgehead atoms.